The quantitative estimate of drug-likeness (QED) is 0.394. The van der Waals surface area contributed by atoms with Crippen LogP contribution in [-0.4, -0.2) is 50.2 Å². The summed E-state index contributed by atoms with van der Waals surface area (Å²) in [4.78, 5) is 26.3. The molecule has 0 aliphatic carbocycles. The molecule has 0 radical (unpaired) electrons. The fraction of sp³-hybridized carbons (Fsp3) is 0.417. The number of hydrogen-bond acceptors (Lipinski definition) is 6. The van der Waals surface area contributed by atoms with E-state index in [2.05, 4.69) is 10.2 Å². The molecule has 192 valence electrons. The van der Waals surface area contributed by atoms with Gasteiger partial charge in [0, 0.05) is 30.6 Å². The minimum Gasteiger partial charge on any atom is -0.496 e. The van der Waals surface area contributed by atoms with Crippen molar-refractivity contribution in [3.8, 4) is 5.75 Å². The third kappa shape index (κ3) is 8.35. The number of hydrogen-bond donors (Lipinski definition) is 3. The molecule has 0 aromatic heterocycles. The maximum absolute atomic E-state index is 12.7. The number of primary amides is 1. The van der Waals surface area contributed by atoms with E-state index in [9.17, 15) is 9.59 Å². The van der Waals surface area contributed by atoms with E-state index in [0.29, 0.717) is 45.9 Å². The number of carbonyl (C=O) groups excluding carboxylic acids is 2. The third-order valence-electron chi connectivity index (χ3n) is 6.03. The topological polar surface area (TPSA) is 120 Å². The molecule has 1 saturated heterocycles. The summed E-state index contributed by atoms with van der Waals surface area (Å²) in [6.45, 7) is 3.11. The summed E-state index contributed by atoms with van der Waals surface area (Å²) in [6.07, 6.45) is 1.30. The second-order valence-corrected chi connectivity index (χ2v) is 9.18. The fourth-order valence-electron chi connectivity index (χ4n) is 4.07. The van der Waals surface area contributed by atoms with E-state index in [1.807, 2.05) is 12.1 Å². The molecule has 1 atom stereocenters. The number of nitrogens with two attached hydrogens (primary N) is 2. The molecular formula is C24H31Cl3N4O4. The van der Waals surface area contributed by atoms with Gasteiger partial charge in [0.15, 0.2) is 0 Å². The highest BCUT2D eigenvalue weighted by Gasteiger charge is 2.23. The van der Waals surface area contributed by atoms with Gasteiger partial charge in [-0.15, -0.1) is 12.4 Å². The van der Waals surface area contributed by atoms with Gasteiger partial charge >= 0.3 is 6.09 Å². The van der Waals surface area contributed by atoms with E-state index >= 15 is 0 Å². The zero-order valence-corrected chi connectivity index (χ0v) is 21.8. The second-order valence-electron chi connectivity index (χ2n) is 8.33. The van der Waals surface area contributed by atoms with Gasteiger partial charge in [-0.2, -0.15) is 0 Å². The maximum atomic E-state index is 12.7. The largest absolute Gasteiger partial charge is 0.496 e. The highest BCUT2D eigenvalue weighted by Crippen LogP contribution is 2.29. The monoisotopic (exact) mass is 544 g/mol. The number of rotatable bonds is 9. The van der Waals surface area contributed by atoms with Crippen molar-refractivity contribution in [2.75, 3.05) is 39.0 Å². The minimum absolute atomic E-state index is 0. The van der Waals surface area contributed by atoms with Gasteiger partial charge in [0.25, 0.3) is 5.91 Å². The Morgan fingerprint density at radius 3 is 2.43 bits per heavy atom. The molecule has 1 aliphatic heterocycles. The van der Waals surface area contributed by atoms with E-state index in [1.54, 1.807) is 18.2 Å². The van der Waals surface area contributed by atoms with Crippen molar-refractivity contribution in [3.63, 3.8) is 0 Å². The number of benzene rings is 2. The first-order chi connectivity index (χ1) is 16.3. The van der Waals surface area contributed by atoms with Crippen molar-refractivity contribution < 1.29 is 19.1 Å². The Bertz CT molecular complexity index is 999. The van der Waals surface area contributed by atoms with Crippen LogP contribution in [-0.2, 0) is 4.74 Å². The van der Waals surface area contributed by atoms with Crippen LogP contribution in [0.4, 0.5) is 10.5 Å². The van der Waals surface area contributed by atoms with Crippen molar-refractivity contribution in [1.29, 1.82) is 0 Å². The van der Waals surface area contributed by atoms with E-state index in [0.717, 1.165) is 38.0 Å². The zero-order valence-electron chi connectivity index (χ0n) is 19.5. The summed E-state index contributed by atoms with van der Waals surface area (Å²) in [6, 6.07) is 10.3. The summed E-state index contributed by atoms with van der Waals surface area (Å²) >= 11 is 12.0. The molecule has 0 spiro atoms. The lowest BCUT2D eigenvalue weighted by Gasteiger charge is -2.32. The van der Waals surface area contributed by atoms with Crippen LogP contribution in [0.25, 0.3) is 0 Å². The molecule has 2 amide bonds. The molecule has 1 aliphatic rings. The van der Waals surface area contributed by atoms with Crippen molar-refractivity contribution in [2.24, 2.45) is 11.7 Å². The molecule has 3 rings (SSSR count). The lowest BCUT2D eigenvalue weighted by atomic mass is 9.96. The Morgan fingerprint density at radius 1 is 1.17 bits per heavy atom. The molecule has 5 N–H and O–H groups in total. The lowest BCUT2D eigenvalue weighted by Crippen LogP contribution is -2.39. The van der Waals surface area contributed by atoms with Gasteiger partial charge in [0.05, 0.1) is 23.4 Å². The predicted molar refractivity (Wildman–Crippen MR) is 141 cm³/mol. The molecule has 2 aromatic carbocycles. The Kier molecular flexibility index (Phi) is 11.2. The molecule has 2 aromatic rings. The number of nitrogens with one attached hydrogen (secondary N) is 1. The fourth-order valence-corrected chi connectivity index (χ4v) is 4.36. The number of likely N-dealkylation sites (tertiary alicyclic amines) is 1. The van der Waals surface area contributed by atoms with Crippen LogP contribution in [0, 0.1) is 5.92 Å². The Hall–Kier alpha value is -2.39. The first-order valence-corrected chi connectivity index (χ1v) is 11.9. The summed E-state index contributed by atoms with van der Waals surface area (Å²) in [5.41, 5.74) is 12.6. The van der Waals surface area contributed by atoms with E-state index in [1.165, 1.54) is 13.2 Å². The van der Waals surface area contributed by atoms with Crippen LogP contribution < -0.4 is 21.5 Å². The van der Waals surface area contributed by atoms with E-state index in [-0.39, 0.29) is 18.3 Å². The normalized spacial score (nSPS) is 15.1. The Morgan fingerprint density at radius 2 is 1.83 bits per heavy atom. The van der Waals surface area contributed by atoms with E-state index < -0.39 is 12.2 Å². The van der Waals surface area contributed by atoms with Crippen LogP contribution >= 0.6 is 35.6 Å². The number of halogens is 3. The average Bonchev–Trinajstić information content (AvgIpc) is 2.82. The average molecular weight is 546 g/mol. The highest BCUT2D eigenvalue weighted by atomic mass is 35.5. The van der Waals surface area contributed by atoms with Gasteiger partial charge in [-0.1, -0.05) is 35.3 Å². The van der Waals surface area contributed by atoms with Crippen molar-refractivity contribution in [3.05, 3.63) is 57.6 Å². The highest BCUT2D eigenvalue weighted by molar-refractivity contribution is 6.33. The number of nitrogen functional groups attached to an aromatic ring is 1. The van der Waals surface area contributed by atoms with Gasteiger partial charge in [0.2, 0.25) is 0 Å². The SMILES string of the molecule is COc1cc(N)c(Cl)cc1C(=O)NCC1CCN(CCC(OC(N)=O)c2ccc(Cl)cc2)CC1.Cl. The summed E-state index contributed by atoms with van der Waals surface area (Å²) in [5.74, 6) is 0.516. The summed E-state index contributed by atoms with van der Waals surface area (Å²) < 4.78 is 10.6. The molecule has 1 heterocycles. The summed E-state index contributed by atoms with van der Waals surface area (Å²) in [7, 11) is 1.49. The lowest BCUT2D eigenvalue weighted by molar-refractivity contribution is 0.0841. The molecule has 11 heteroatoms. The minimum atomic E-state index is -0.798. The third-order valence-corrected chi connectivity index (χ3v) is 6.61. The molecule has 35 heavy (non-hydrogen) atoms. The van der Waals surface area contributed by atoms with Crippen molar-refractivity contribution >= 4 is 53.3 Å². The first-order valence-electron chi connectivity index (χ1n) is 11.1. The molecule has 1 fully saturated rings. The van der Waals surface area contributed by atoms with Gasteiger partial charge in [-0.05, 0) is 55.6 Å². The van der Waals surface area contributed by atoms with Crippen LogP contribution in [0.3, 0.4) is 0 Å². The number of nitrogens with zero attached hydrogens (tertiary/aromatic N) is 1. The number of amides is 2. The standard InChI is InChI=1S/C24H30Cl2N4O4.ClH/c1-33-22-13-20(27)19(26)12-18(22)23(31)29-14-15-6-9-30(10-7-15)11-8-21(34-24(28)32)16-2-4-17(25)5-3-16;/h2-5,12-13,15,21H,6-11,14,27H2,1H3,(H2,28,32)(H,29,31);1H. The van der Waals surface area contributed by atoms with E-state index in [4.69, 9.17) is 44.1 Å². The molecule has 0 bridgehead atoms. The van der Waals surface area contributed by atoms with Gasteiger partial charge in [-0.25, -0.2) is 4.79 Å². The van der Waals surface area contributed by atoms with Crippen molar-refractivity contribution in [1.82, 2.24) is 10.2 Å². The van der Waals surface area contributed by atoms with Crippen LogP contribution in [0.5, 0.6) is 5.75 Å². The molecule has 8 nitrogen and oxygen atoms in total. The van der Waals surface area contributed by atoms with Gasteiger partial charge < -0.3 is 31.2 Å². The zero-order chi connectivity index (χ0) is 24.7. The molecular weight excluding hydrogens is 515 g/mol. The number of carbonyl (C=O) groups is 2. The Labute approximate surface area is 221 Å². The number of anilines is 1. The van der Waals surface area contributed by atoms with Crippen LogP contribution in [0.1, 0.15) is 41.3 Å². The number of ether oxygens (including phenoxy) is 2. The maximum Gasteiger partial charge on any atom is 0.405 e. The Balaban J connectivity index is 0.00000432. The smallest absolute Gasteiger partial charge is 0.405 e. The van der Waals surface area contributed by atoms with Crippen molar-refractivity contribution in [2.45, 2.75) is 25.4 Å². The van der Waals surface area contributed by atoms with Crippen LogP contribution in [0.15, 0.2) is 36.4 Å². The summed E-state index contributed by atoms with van der Waals surface area (Å²) in [5, 5.41) is 3.92. The first kappa shape index (κ1) is 28.8. The predicted octanol–water partition coefficient (Wildman–Crippen LogP) is 4.67. The molecule has 1 unspecified atom stereocenters. The second kappa shape index (κ2) is 13.6. The molecule has 0 saturated carbocycles. The van der Waals surface area contributed by atoms with Gasteiger partial charge in [-0.3, -0.25) is 4.79 Å². The van der Waals surface area contributed by atoms with Gasteiger partial charge in [0.1, 0.15) is 11.9 Å². The van der Waals surface area contributed by atoms with Crippen LogP contribution in [0.2, 0.25) is 10.0 Å². The number of methoxy groups -OCH3 is 1. The number of piperidine rings is 1.